The Hall–Kier alpha value is -1.55. The van der Waals surface area contributed by atoms with E-state index in [1.807, 2.05) is 26.8 Å². The summed E-state index contributed by atoms with van der Waals surface area (Å²) in [5.41, 5.74) is 0.868. The van der Waals surface area contributed by atoms with Gasteiger partial charge in [0.25, 0.3) is 0 Å². The molecule has 0 aliphatic heterocycles. The fourth-order valence-electron chi connectivity index (χ4n) is 2.12. The van der Waals surface area contributed by atoms with Crippen molar-refractivity contribution in [2.45, 2.75) is 59.2 Å². The Morgan fingerprint density at radius 3 is 2.45 bits per heavy atom. The summed E-state index contributed by atoms with van der Waals surface area (Å²) in [6.45, 7) is 12.5. The highest BCUT2D eigenvalue weighted by Gasteiger charge is 2.21. The number of hydrogen-bond donors (Lipinski definition) is 1. The van der Waals surface area contributed by atoms with Crippen LogP contribution in [0.5, 0.6) is 0 Å². The van der Waals surface area contributed by atoms with Gasteiger partial charge < -0.3 is 10.1 Å². The zero-order valence-electron chi connectivity index (χ0n) is 14.6. The van der Waals surface area contributed by atoms with E-state index in [1.165, 1.54) is 5.56 Å². The van der Waals surface area contributed by atoms with Crippen LogP contribution in [-0.2, 0) is 11.3 Å². The van der Waals surface area contributed by atoms with E-state index in [4.69, 9.17) is 4.74 Å². The number of carbonyl (C=O) groups excluding carboxylic acids is 1. The van der Waals surface area contributed by atoms with E-state index in [1.54, 1.807) is 0 Å². The molecule has 1 amide bonds. The van der Waals surface area contributed by atoms with E-state index >= 15 is 0 Å². The van der Waals surface area contributed by atoms with Gasteiger partial charge in [0.05, 0.1) is 0 Å². The van der Waals surface area contributed by atoms with Gasteiger partial charge in [-0.1, -0.05) is 44.2 Å². The standard InChI is InChI=1S/C18H30N2O2/c1-6-18(4,5)22-17(21)19-13-15(3)20(7-2)14-16-11-9-8-10-12-16/h8-12,15H,6-7,13-14H2,1-5H3,(H,19,21)/t15-/m0/s1. The van der Waals surface area contributed by atoms with Crippen LogP contribution in [-0.4, -0.2) is 35.7 Å². The second kappa shape index (κ2) is 8.79. The van der Waals surface area contributed by atoms with Crippen molar-refractivity contribution in [2.24, 2.45) is 0 Å². The number of rotatable bonds is 8. The van der Waals surface area contributed by atoms with Crippen molar-refractivity contribution in [3.05, 3.63) is 35.9 Å². The highest BCUT2D eigenvalue weighted by molar-refractivity contribution is 5.67. The molecule has 1 rings (SSSR count). The quantitative estimate of drug-likeness (QED) is 0.794. The normalized spacial score (nSPS) is 13.0. The molecule has 0 unspecified atom stereocenters. The van der Waals surface area contributed by atoms with E-state index in [0.717, 1.165) is 19.5 Å². The van der Waals surface area contributed by atoms with Crippen molar-refractivity contribution in [3.63, 3.8) is 0 Å². The summed E-state index contributed by atoms with van der Waals surface area (Å²) >= 11 is 0. The van der Waals surface area contributed by atoms with Crippen molar-refractivity contribution in [1.29, 1.82) is 0 Å². The second-order valence-electron chi connectivity index (χ2n) is 6.28. The molecule has 0 aliphatic carbocycles. The Morgan fingerprint density at radius 2 is 1.91 bits per heavy atom. The maximum absolute atomic E-state index is 11.8. The molecule has 1 atom stereocenters. The molecule has 1 aromatic rings. The number of amides is 1. The summed E-state index contributed by atoms with van der Waals surface area (Å²) in [5.74, 6) is 0. The van der Waals surface area contributed by atoms with Crippen molar-refractivity contribution in [3.8, 4) is 0 Å². The van der Waals surface area contributed by atoms with E-state index in [9.17, 15) is 4.79 Å². The number of nitrogens with zero attached hydrogens (tertiary/aromatic N) is 1. The average Bonchev–Trinajstić information content (AvgIpc) is 2.51. The van der Waals surface area contributed by atoms with Gasteiger partial charge in [-0.05, 0) is 39.3 Å². The minimum atomic E-state index is -0.415. The van der Waals surface area contributed by atoms with Crippen molar-refractivity contribution >= 4 is 6.09 Å². The van der Waals surface area contributed by atoms with Gasteiger partial charge in [0.1, 0.15) is 5.60 Å². The minimum Gasteiger partial charge on any atom is -0.444 e. The van der Waals surface area contributed by atoms with Gasteiger partial charge in [-0.25, -0.2) is 4.79 Å². The SMILES string of the molecule is CCN(Cc1ccccc1)[C@@H](C)CNC(=O)OC(C)(C)CC. The van der Waals surface area contributed by atoms with Gasteiger partial charge in [0, 0.05) is 19.1 Å². The lowest BCUT2D eigenvalue weighted by molar-refractivity contribution is 0.0349. The number of hydrogen-bond acceptors (Lipinski definition) is 3. The van der Waals surface area contributed by atoms with Gasteiger partial charge in [-0.15, -0.1) is 0 Å². The first-order valence-corrected chi connectivity index (χ1v) is 8.12. The Labute approximate surface area is 134 Å². The first kappa shape index (κ1) is 18.5. The van der Waals surface area contributed by atoms with Crippen LogP contribution in [0, 0.1) is 0 Å². The fourth-order valence-corrected chi connectivity index (χ4v) is 2.12. The topological polar surface area (TPSA) is 41.6 Å². The Balaban J connectivity index is 2.45. The number of benzene rings is 1. The first-order chi connectivity index (χ1) is 10.4. The minimum absolute atomic E-state index is 0.252. The van der Waals surface area contributed by atoms with E-state index in [-0.39, 0.29) is 12.1 Å². The van der Waals surface area contributed by atoms with E-state index in [2.05, 4.69) is 48.3 Å². The molecule has 0 bridgehead atoms. The summed E-state index contributed by atoms with van der Waals surface area (Å²) in [5, 5.41) is 2.87. The van der Waals surface area contributed by atoms with Crippen LogP contribution < -0.4 is 5.32 Å². The molecule has 1 aromatic carbocycles. The molecule has 124 valence electrons. The lowest BCUT2D eigenvalue weighted by Crippen LogP contribution is -2.43. The van der Waals surface area contributed by atoms with E-state index in [0.29, 0.717) is 6.54 Å². The van der Waals surface area contributed by atoms with Crippen LogP contribution in [0.25, 0.3) is 0 Å². The third-order valence-corrected chi connectivity index (χ3v) is 4.02. The molecule has 0 saturated carbocycles. The largest absolute Gasteiger partial charge is 0.444 e. The molecule has 0 fully saturated rings. The molecule has 22 heavy (non-hydrogen) atoms. The first-order valence-electron chi connectivity index (χ1n) is 8.12. The zero-order valence-corrected chi connectivity index (χ0v) is 14.6. The van der Waals surface area contributed by atoms with Crippen LogP contribution in [0.4, 0.5) is 4.79 Å². The Bertz CT molecular complexity index is 446. The summed E-state index contributed by atoms with van der Waals surface area (Å²) < 4.78 is 5.40. The number of ether oxygens (including phenoxy) is 1. The smallest absolute Gasteiger partial charge is 0.407 e. The molecule has 0 heterocycles. The summed E-state index contributed by atoms with van der Waals surface area (Å²) in [6.07, 6.45) is 0.458. The predicted molar refractivity (Wildman–Crippen MR) is 90.8 cm³/mol. The van der Waals surface area contributed by atoms with Gasteiger partial charge in [-0.3, -0.25) is 4.90 Å². The summed E-state index contributed by atoms with van der Waals surface area (Å²) in [4.78, 5) is 14.2. The van der Waals surface area contributed by atoms with Gasteiger partial charge in [-0.2, -0.15) is 0 Å². The molecule has 0 aromatic heterocycles. The third kappa shape index (κ3) is 6.48. The fraction of sp³-hybridized carbons (Fsp3) is 0.611. The molecule has 4 heteroatoms. The average molecular weight is 306 g/mol. The molecule has 1 N–H and O–H groups in total. The third-order valence-electron chi connectivity index (χ3n) is 4.02. The highest BCUT2D eigenvalue weighted by Crippen LogP contribution is 2.13. The lowest BCUT2D eigenvalue weighted by atomic mass is 10.1. The number of likely N-dealkylation sites (N-methyl/N-ethyl adjacent to an activating group) is 1. The molecular weight excluding hydrogens is 276 g/mol. The van der Waals surface area contributed by atoms with Gasteiger partial charge in [0.2, 0.25) is 0 Å². The maximum atomic E-state index is 11.8. The maximum Gasteiger partial charge on any atom is 0.407 e. The van der Waals surface area contributed by atoms with Crippen LogP contribution in [0.2, 0.25) is 0 Å². The zero-order chi connectivity index (χ0) is 16.6. The molecule has 0 saturated heterocycles. The van der Waals surface area contributed by atoms with Gasteiger partial charge in [0.15, 0.2) is 0 Å². The molecule has 0 radical (unpaired) electrons. The molecule has 0 aliphatic rings. The number of nitrogens with one attached hydrogen (secondary N) is 1. The van der Waals surface area contributed by atoms with Gasteiger partial charge >= 0.3 is 6.09 Å². The van der Waals surface area contributed by atoms with E-state index < -0.39 is 5.60 Å². The van der Waals surface area contributed by atoms with Crippen LogP contribution in [0.3, 0.4) is 0 Å². The molecular formula is C18H30N2O2. The molecule has 0 spiro atoms. The monoisotopic (exact) mass is 306 g/mol. The van der Waals surface area contributed by atoms with Crippen molar-refractivity contribution in [2.75, 3.05) is 13.1 Å². The van der Waals surface area contributed by atoms with Crippen molar-refractivity contribution < 1.29 is 9.53 Å². The lowest BCUT2D eigenvalue weighted by Gasteiger charge is -2.29. The van der Waals surface area contributed by atoms with Crippen LogP contribution in [0.1, 0.15) is 46.6 Å². The Kier molecular flexibility index (Phi) is 7.39. The highest BCUT2D eigenvalue weighted by atomic mass is 16.6. The van der Waals surface area contributed by atoms with Crippen LogP contribution >= 0.6 is 0 Å². The van der Waals surface area contributed by atoms with Crippen molar-refractivity contribution in [1.82, 2.24) is 10.2 Å². The van der Waals surface area contributed by atoms with Crippen LogP contribution in [0.15, 0.2) is 30.3 Å². The number of alkyl carbamates (subject to hydrolysis) is 1. The Morgan fingerprint density at radius 1 is 1.27 bits per heavy atom. The predicted octanol–water partition coefficient (Wildman–Crippen LogP) is 3.81. The number of carbonyl (C=O) groups is 1. The molecule has 4 nitrogen and oxygen atoms in total. The summed E-state index contributed by atoms with van der Waals surface area (Å²) in [6, 6.07) is 10.6. The second-order valence-corrected chi connectivity index (χ2v) is 6.28. The summed E-state index contributed by atoms with van der Waals surface area (Å²) in [7, 11) is 0.